The number of amides is 1. The highest BCUT2D eigenvalue weighted by molar-refractivity contribution is 7.89. The molecule has 1 amide bonds. The molecule has 0 aromatic heterocycles. The maximum absolute atomic E-state index is 13.7. The molecule has 2 aromatic carbocycles. The first-order valence-corrected chi connectivity index (χ1v) is 10.5. The summed E-state index contributed by atoms with van der Waals surface area (Å²) in [7, 11) is -3.76. The van der Waals surface area contributed by atoms with Gasteiger partial charge in [0.05, 0.1) is 4.90 Å². The van der Waals surface area contributed by atoms with E-state index in [0.29, 0.717) is 5.56 Å². The molecule has 1 aliphatic rings. The van der Waals surface area contributed by atoms with Crippen LogP contribution in [-0.2, 0) is 14.8 Å². The van der Waals surface area contributed by atoms with Gasteiger partial charge in [-0.2, -0.15) is 4.31 Å². The molecule has 0 atom stereocenters. The standard InChI is InChI=1S/C20H20F2N2O4S/c1-13(25)14-5-7-16(8-6-14)29(27,28)24-11-9-15(10-12-24)20(26)23-19-17(21)3-2-4-18(19)22/h2-8,15H,9-12H2,1H3,(H,23,26). The van der Waals surface area contributed by atoms with Gasteiger partial charge >= 0.3 is 0 Å². The summed E-state index contributed by atoms with van der Waals surface area (Å²) in [4.78, 5) is 23.8. The lowest BCUT2D eigenvalue weighted by molar-refractivity contribution is -0.121. The number of hydrogen-bond acceptors (Lipinski definition) is 4. The van der Waals surface area contributed by atoms with Gasteiger partial charge in [-0.05, 0) is 44.0 Å². The third-order valence-electron chi connectivity index (χ3n) is 4.93. The van der Waals surface area contributed by atoms with Crippen LogP contribution in [0.1, 0.15) is 30.1 Å². The number of halogens is 2. The maximum Gasteiger partial charge on any atom is 0.243 e. The molecule has 2 aromatic rings. The number of ketones is 1. The molecule has 154 valence electrons. The first kappa shape index (κ1) is 21.1. The molecule has 1 saturated heterocycles. The van der Waals surface area contributed by atoms with Crippen LogP contribution in [0.2, 0.25) is 0 Å². The van der Waals surface area contributed by atoms with Crippen LogP contribution in [0.5, 0.6) is 0 Å². The summed E-state index contributed by atoms with van der Waals surface area (Å²) in [5.41, 5.74) is -0.0854. The van der Waals surface area contributed by atoms with Crippen LogP contribution in [0.15, 0.2) is 47.4 Å². The van der Waals surface area contributed by atoms with E-state index in [1.807, 2.05) is 0 Å². The van der Waals surface area contributed by atoms with E-state index in [0.717, 1.165) is 12.1 Å². The van der Waals surface area contributed by atoms with Gasteiger partial charge in [0, 0.05) is 24.6 Å². The van der Waals surface area contributed by atoms with Crippen molar-refractivity contribution in [1.82, 2.24) is 4.31 Å². The van der Waals surface area contributed by atoms with Crippen LogP contribution in [0.4, 0.5) is 14.5 Å². The van der Waals surface area contributed by atoms with Crippen molar-refractivity contribution in [3.8, 4) is 0 Å². The van der Waals surface area contributed by atoms with E-state index in [4.69, 9.17) is 0 Å². The minimum Gasteiger partial charge on any atom is -0.321 e. The molecular weight excluding hydrogens is 402 g/mol. The Labute approximate surface area is 167 Å². The monoisotopic (exact) mass is 422 g/mol. The smallest absolute Gasteiger partial charge is 0.243 e. The maximum atomic E-state index is 13.7. The average Bonchev–Trinajstić information content (AvgIpc) is 2.71. The van der Waals surface area contributed by atoms with Gasteiger partial charge in [-0.1, -0.05) is 18.2 Å². The van der Waals surface area contributed by atoms with E-state index in [2.05, 4.69) is 5.32 Å². The van der Waals surface area contributed by atoms with Gasteiger partial charge in [-0.25, -0.2) is 17.2 Å². The summed E-state index contributed by atoms with van der Waals surface area (Å²) in [6, 6.07) is 8.97. The van der Waals surface area contributed by atoms with Gasteiger partial charge in [0.15, 0.2) is 5.78 Å². The van der Waals surface area contributed by atoms with Gasteiger partial charge < -0.3 is 5.32 Å². The quantitative estimate of drug-likeness (QED) is 0.750. The zero-order chi connectivity index (χ0) is 21.2. The number of rotatable bonds is 5. The highest BCUT2D eigenvalue weighted by atomic mass is 32.2. The fourth-order valence-corrected chi connectivity index (χ4v) is 4.68. The summed E-state index contributed by atoms with van der Waals surface area (Å²) in [5, 5.41) is 2.26. The third-order valence-corrected chi connectivity index (χ3v) is 6.85. The van der Waals surface area contributed by atoms with E-state index in [1.54, 1.807) is 0 Å². The summed E-state index contributed by atoms with van der Waals surface area (Å²) >= 11 is 0. The van der Waals surface area contributed by atoms with Gasteiger partial charge in [0.1, 0.15) is 17.3 Å². The van der Waals surface area contributed by atoms with Crippen LogP contribution in [0.3, 0.4) is 0 Å². The SMILES string of the molecule is CC(=O)c1ccc(S(=O)(=O)N2CCC(C(=O)Nc3c(F)cccc3F)CC2)cc1. The van der Waals surface area contributed by atoms with E-state index in [-0.39, 0.29) is 36.6 Å². The van der Waals surface area contributed by atoms with Crippen molar-refractivity contribution in [2.75, 3.05) is 18.4 Å². The van der Waals surface area contributed by atoms with Gasteiger partial charge in [0.25, 0.3) is 0 Å². The number of hydrogen-bond donors (Lipinski definition) is 1. The third kappa shape index (κ3) is 4.51. The summed E-state index contributed by atoms with van der Waals surface area (Å²) < 4.78 is 54.2. The summed E-state index contributed by atoms with van der Waals surface area (Å²) in [6.07, 6.45) is 0.458. The Morgan fingerprint density at radius 2 is 1.55 bits per heavy atom. The fraction of sp³-hybridized carbons (Fsp3) is 0.300. The second-order valence-electron chi connectivity index (χ2n) is 6.84. The molecule has 1 heterocycles. The van der Waals surface area contributed by atoms with Crippen molar-refractivity contribution < 1.29 is 26.8 Å². The molecule has 1 aliphatic heterocycles. The summed E-state index contributed by atoms with van der Waals surface area (Å²) in [5.74, 6) is -3.00. The molecule has 29 heavy (non-hydrogen) atoms. The Bertz CT molecular complexity index is 1010. The van der Waals surface area contributed by atoms with Crippen molar-refractivity contribution in [1.29, 1.82) is 0 Å². The molecule has 9 heteroatoms. The predicted octanol–water partition coefficient (Wildman–Crippen LogP) is 3.21. The molecular formula is C20H20F2N2O4S. The highest BCUT2D eigenvalue weighted by Crippen LogP contribution is 2.26. The number of sulfonamides is 1. The molecule has 1 N–H and O–H groups in total. The summed E-state index contributed by atoms with van der Waals surface area (Å²) in [6.45, 7) is 1.61. The molecule has 0 aliphatic carbocycles. The van der Waals surface area contributed by atoms with Gasteiger partial charge in [-0.3, -0.25) is 9.59 Å². The minimum atomic E-state index is -3.76. The lowest BCUT2D eigenvalue weighted by Crippen LogP contribution is -2.41. The van der Waals surface area contributed by atoms with Crippen molar-refractivity contribution in [2.45, 2.75) is 24.7 Å². The van der Waals surface area contributed by atoms with E-state index in [9.17, 15) is 26.8 Å². The molecule has 0 bridgehead atoms. The second-order valence-corrected chi connectivity index (χ2v) is 8.78. The first-order valence-electron chi connectivity index (χ1n) is 9.06. The number of carbonyl (C=O) groups is 2. The predicted molar refractivity (Wildman–Crippen MR) is 103 cm³/mol. The Hall–Kier alpha value is -2.65. The lowest BCUT2D eigenvalue weighted by atomic mass is 9.97. The fourth-order valence-electron chi connectivity index (χ4n) is 3.21. The Morgan fingerprint density at radius 1 is 1.00 bits per heavy atom. The van der Waals surface area contributed by atoms with Crippen molar-refractivity contribution >= 4 is 27.4 Å². The van der Waals surface area contributed by atoms with Crippen LogP contribution < -0.4 is 5.32 Å². The van der Waals surface area contributed by atoms with Crippen molar-refractivity contribution in [3.63, 3.8) is 0 Å². The van der Waals surface area contributed by atoms with Gasteiger partial charge in [-0.15, -0.1) is 0 Å². The number of Topliss-reactive ketones (excluding diaryl/α,β-unsaturated/α-hetero) is 1. The molecule has 0 spiro atoms. The average molecular weight is 422 g/mol. The lowest BCUT2D eigenvalue weighted by Gasteiger charge is -2.30. The number of piperidine rings is 1. The number of para-hydroxylation sites is 1. The van der Waals surface area contributed by atoms with Crippen LogP contribution in [0, 0.1) is 17.6 Å². The van der Waals surface area contributed by atoms with Crippen molar-refractivity contribution in [2.24, 2.45) is 5.92 Å². The van der Waals surface area contributed by atoms with Crippen LogP contribution in [-0.4, -0.2) is 37.5 Å². The molecule has 1 fully saturated rings. The highest BCUT2D eigenvalue weighted by Gasteiger charge is 2.32. The Kier molecular flexibility index (Phi) is 6.09. The normalized spacial score (nSPS) is 15.8. The van der Waals surface area contributed by atoms with E-state index >= 15 is 0 Å². The number of anilines is 1. The van der Waals surface area contributed by atoms with Crippen LogP contribution >= 0.6 is 0 Å². The van der Waals surface area contributed by atoms with Crippen LogP contribution in [0.25, 0.3) is 0 Å². The minimum absolute atomic E-state index is 0.0684. The molecule has 0 radical (unpaired) electrons. The molecule has 0 unspecified atom stereocenters. The number of nitrogens with one attached hydrogen (secondary N) is 1. The largest absolute Gasteiger partial charge is 0.321 e. The zero-order valence-corrected chi connectivity index (χ0v) is 16.5. The number of benzene rings is 2. The van der Waals surface area contributed by atoms with E-state index < -0.39 is 39.2 Å². The zero-order valence-electron chi connectivity index (χ0n) is 15.7. The topological polar surface area (TPSA) is 83.6 Å². The Balaban J connectivity index is 1.65. The molecule has 3 rings (SSSR count). The second kappa shape index (κ2) is 8.38. The Morgan fingerprint density at radius 3 is 2.07 bits per heavy atom. The number of nitrogens with zero attached hydrogens (tertiary/aromatic N) is 1. The molecule has 0 saturated carbocycles. The van der Waals surface area contributed by atoms with Gasteiger partial charge in [0.2, 0.25) is 15.9 Å². The number of carbonyl (C=O) groups excluding carboxylic acids is 2. The first-order chi connectivity index (χ1) is 13.7. The van der Waals surface area contributed by atoms with E-state index in [1.165, 1.54) is 41.6 Å². The molecule has 6 nitrogen and oxygen atoms in total. The van der Waals surface area contributed by atoms with Crippen molar-refractivity contribution in [3.05, 3.63) is 59.7 Å².